The van der Waals surface area contributed by atoms with E-state index in [1.165, 1.54) is 14.2 Å². The first-order valence-corrected chi connectivity index (χ1v) is 7.35. The minimum Gasteiger partial charge on any atom is -0.468 e. The van der Waals surface area contributed by atoms with Crippen molar-refractivity contribution >= 4 is 17.8 Å². The summed E-state index contributed by atoms with van der Waals surface area (Å²) in [5.74, 6) is -0.971. The Morgan fingerprint density at radius 2 is 1.77 bits per heavy atom. The summed E-state index contributed by atoms with van der Waals surface area (Å²) < 4.78 is 15.1. The Labute approximate surface area is 127 Å². The van der Waals surface area contributed by atoms with Gasteiger partial charge in [-0.1, -0.05) is 12.2 Å². The van der Waals surface area contributed by atoms with E-state index in [0.717, 1.165) is 6.42 Å². The molecule has 0 aromatic heterocycles. The number of methoxy groups -OCH3 is 2. The lowest BCUT2D eigenvalue weighted by molar-refractivity contribution is -0.156. The second kappa shape index (κ2) is 4.10. The molecule has 0 aromatic carbocycles. The predicted octanol–water partition coefficient (Wildman–Crippen LogP) is -0.592. The molecule has 7 nitrogen and oxygen atoms in total. The third-order valence-corrected chi connectivity index (χ3v) is 5.68. The maximum atomic E-state index is 12.6. The summed E-state index contributed by atoms with van der Waals surface area (Å²) in [6, 6.07) is 0. The highest BCUT2D eigenvalue weighted by Crippen LogP contribution is 2.79. The van der Waals surface area contributed by atoms with Crippen LogP contribution in [0.15, 0.2) is 12.2 Å². The van der Waals surface area contributed by atoms with Gasteiger partial charge >= 0.3 is 11.9 Å². The molecule has 2 saturated carbocycles. The van der Waals surface area contributed by atoms with Crippen molar-refractivity contribution in [2.75, 3.05) is 20.8 Å². The summed E-state index contributed by atoms with van der Waals surface area (Å²) in [6.07, 6.45) is 5.15. The van der Waals surface area contributed by atoms with E-state index in [1.54, 1.807) is 0 Å². The zero-order valence-electron chi connectivity index (χ0n) is 12.3. The molecule has 1 amide bonds. The standard InChI is InChI=1S/C15H17NO6/c1-20-9(17)6-16-12(18)14-10-7-3-4-8(5-7)11(10)15(14,22-14)13(19)21-2/h3-4,7-8,10-11H,5-6H2,1-2H3,(H,16,18)/t7-,8+,10+,11-,14+,15-/m1/s1. The van der Waals surface area contributed by atoms with Crippen LogP contribution >= 0.6 is 0 Å². The Morgan fingerprint density at radius 1 is 1.14 bits per heavy atom. The SMILES string of the molecule is COC(=O)CNC(=O)[C@]12O[C@@]1(C(=O)OC)[C@H]1[C@@H]2[C@@H]2C=C[C@H]1C2. The first-order chi connectivity index (χ1) is 10.5. The Balaban J connectivity index is 1.61. The molecular weight excluding hydrogens is 290 g/mol. The van der Waals surface area contributed by atoms with E-state index in [0.29, 0.717) is 0 Å². The van der Waals surface area contributed by atoms with Gasteiger partial charge in [0, 0.05) is 11.8 Å². The number of amides is 1. The normalized spacial score (nSPS) is 45.4. The summed E-state index contributed by atoms with van der Waals surface area (Å²) in [5.41, 5.74) is -2.35. The van der Waals surface area contributed by atoms with Gasteiger partial charge in [-0.25, -0.2) is 4.79 Å². The Bertz CT molecular complexity index is 615. The summed E-state index contributed by atoms with van der Waals surface area (Å²) in [7, 11) is 2.55. The molecule has 118 valence electrons. The zero-order valence-corrected chi connectivity index (χ0v) is 12.3. The smallest absolute Gasteiger partial charge is 0.342 e. The first kappa shape index (κ1) is 13.8. The molecule has 3 fully saturated rings. The van der Waals surface area contributed by atoms with Crippen molar-refractivity contribution in [2.45, 2.75) is 17.6 Å². The number of rotatable bonds is 4. The minimum atomic E-state index is -1.18. The average molecular weight is 307 g/mol. The molecule has 4 rings (SSSR count). The van der Waals surface area contributed by atoms with Crippen LogP contribution in [0.3, 0.4) is 0 Å². The maximum Gasteiger partial charge on any atom is 0.342 e. The molecule has 1 saturated heterocycles. The second-order valence-corrected chi connectivity index (χ2v) is 6.32. The molecule has 2 bridgehead atoms. The van der Waals surface area contributed by atoms with E-state index < -0.39 is 29.0 Å². The number of hydrogen-bond acceptors (Lipinski definition) is 6. The minimum absolute atomic E-state index is 0.00109. The molecule has 0 unspecified atom stereocenters. The number of hydrogen-bond donors (Lipinski definition) is 1. The largest absolute Gasteiger partial charge is 0.468 e. The van der Waals surface area contributed by atoms with Gasteiger partial charge in [-0.2, -0.15) is 0 Å². The van der Waals surface area contributed by atoms with Gasteiger partial charge in [0.2, 0.25) is 5.60 Å². The lowest BCUT2D eigenvalue weighted by atomic mass is 9.53. The summed E-state index contributed by atoms with van der Waals surface area (Å²) in [5, 5.41) is 2.52. The molecule has 4 aliphatic rings. The molecule has 0 spiro atoms. The van der Waals surface area contributed by atoms with Crippen molar-refractivity contribution < 1.29 is 28.6 Å². The third-order valence-electron chi connectivity index (χ3n) is 5.68. The van der Waals surface area contributed by atoms with Crippen LogP contribution in [0, 0.1) is 23.7 Å². The molecule has 3 aliphatic carbocycles. The topological polar surface area (TPSA) is 94.2 Å². The second-order valence-electron chi connectivity index (χ2n) is 6.32. The fraction of sp³-hybridized carbons (Fsp3) is 0.667. The van der Waals surface area contributed by atoms with Crippen LogP contribution in [0.25, 0.3) is 0 Å². The fourth-order valence-electron chi connectivity index (χ4n) is 4.90. The van der Waals surface area contributed by atoms with E-state index in [-0.39, 0.29) is 30.2 Å². The number of epoxide rings is 1. The molecule has 1 N–H and O–H groups in total. The number of allylic oxidation sites excluding steroid dienone is 2. The average Bonchev–Trinajstić information content (AvgIpc) is 2.83. The summed E-state index contributed by atoms with van der Waals surface area (Å²) in [6.45, 7) is -0.237. The summed E-state index contributed by atoms with van der Waals surface area (Å²) >= 11 is 0. The fourth-order valence-corrected chi connectivity index (χ4v) is 4.90. The van der Waals surface area contributed by atoms with Crippen molar-refractivity contribution in [2.24, 2.45) is 23.7 Å². The molecule has 6 atom stereocenters. The Morgan fingerprint density at radius 3 is 2.36 bits per heavy atom. The van der Waals surface area contributed by atoms with Crippen molar-refractivity contribution in [1.82, 2.24) is 5.32 Å². The van der Waals surface area contributed by atoms with E-state index >= 15 is 0 Å². The third kappa shape index (κ3) is 1.25. The highest BCUT2D eigenvalue weighted by Gasteiger charge is 2.97. The zero-order chi connectivity index (χ0) is 15.7. The quantitative estimate of drug-likeness (QED) is 0.424. The summed E-state index contributed by atoms with van der Waals surface area (Å²) in [4.78, 5) is 36.0. The number of nitrogens with one attached hydrogen (secondary N) is 1. The van der Waals surface area contributed by atoms with Gasteiger partial charge in [0.25, 0.3) is 5.91 Å². The Kier molecular flexibility index (Phi) is 2.56. The van der Waals surface area contributed by atoms with Gasteiger partial charge < -0.3 is 19.5 Å². The van der Waals surface area contributed by atoms with E-state index in [2.05, 4.69) is 22.2 Å². The lowest BCUT2D eigenvalue weighted by Gasteiger charge is -2.44. The number of ether oxygens (including phenoxy) is 3. The number of esters is 2. The number of carbonyl (C=O) groups is 3. The maximum absolute atomic E-state index is 12.6. The highest BCUT2D eigenvalue weighted by atomic mass is 16.7. The van der Waals surface area contributed by atoms with Crippen LogP contribution in [-0.2, 0) is 28.6 Å². The predicted molar refractivity (Wildman–Crippen MR) is 71.3 cm³/mol. The molecular formula is C15H17NO6. The molecule has 0 aromatic rings. The van der Waals surface area contributed by atoms with Gasteiger partial charge in [0.1, 0.15) is 6.54 Å². The Hall–Kier alpha value is -1.89. The van der Waals surface area contributed by atoms with Crippen LogP contribution in [0.1, 0.15) is 6.42 Å². The molecule has 1 aliphatic heterocycles. The molecule has 1 heterocycles. The van der Waals surface area contributed by atoms with Crippen LogP contribution in [0.4, 0.5) is 0 Å². The van der Waals surface area contributed by atoms with Crippen LogP contribution in [-0.4, -0.2) is 49.8 Å². The van der Waals surface area contributed by atoms with Gasteiger partial charge in [-0.3, -0.25) is 9.59 Å². The van der Waals surface area contributed by atoms with E-state index in [1.807, 2.05) is 0 Å². The highest BCUT2D eigenvalue weighted by molar-refractivity contribution is 6.05. The van der Waals surface area contributed by atoms with Crippen LogP contribution < -0.4 is 5.32 Å². The van der Waals surface area contributed by atoms with Gasteiger partial charge in [-0.05, 0) is 18.3 Å². The van der Waals surface area contributed by atoms with Crippen molar-refractivity contribution in [3.05, 3.63) is 12.2 Å². The van der Waals surface area contributed by atoms with E-state index in [4.69, 9.17) is 9.47 Å². The lowest BCUT2D eigenvalue weighted by Crippen LogP contribution is -2.66. The molecule has 0 radical (unpaired) electrons. The van der Waals surface area contributed by atoms with E-state index in [9.17, 15) is 14.4 Å². The monoisotopic (exact) mass is 307 g/mol. The first-order valence-electron chi connectivity index (χ1n) is 7.35. The van der Waals surface area contributed by atoms with Gasteiger partial charge in [0.05, 0.1) is 14.2 Å². The number of fused-ring (bicyclic) bond motifs is 8. The van der Waals surface area contributed by atoms with Crippen molar-refractivity contribution in [3.63, 3.8) is 0 Å². The van der Waals surface area contributed by atoms with Crippen LogP contribution in [0.2, 0.25) is 0 Å². The number of carbonyl (C=O) groups excluding carboxylic acids is 3. The van der Waals surface area contributed by atoms with Gasteiger partial charge in [0.15, 0.2) is 5.60 Å². The van der Waals surface area contributed by atoms with Crippen LogP contribution in [0.5, 0.6) is 0 Å². The van der Waals surface area contributed by atoms with Gasteiger partial charge in [-0.15, -0.1) is 0 Å². The molecule has 22 heavy (non-hydrogen) atoms. The van der Waals surface area contributed by atoms with Crippen molar-refractivity contribution in [1.29, 1.82) is 0 Å². The van der Waals surface area contributed by atoms with Crippen molar-refractivity contribution in [3.8, 4) is 0 Å². The molecule has 7 heteroatoms.